The smallest absolute Gasteiger partial charge is 0.222 e. The molecule has 3 aromatic rings. The Hall–Kier alpha value is -2.19. The third kappa shape index (κ3) is 2.40. The molecule has 8 heteroatoms. The molecule has 0 unspecified atom stereocenters. The number of benzene rings is 1. The molecule has 1 aromatic carbocycles. The van der Waals surface area contributed by atoms with E-state index < -0.39 is 5.82 Å². The molecule has 0 spiro atoms. The van der Waals surface area contributed by atoms with Crippen molar-refractivity contribution in [3.8, 4) is 0 Å². The summed E-state index contributed by atoms with van der Waals surface area (Å²) in [7, 11) is 0. The van der Waals surface area contributed by atoms with Crippen molar-refractivity contribution >= 4 is 50.7 Å². The summed E-state index contributed by atoms with van der Waals surface area (Å²) in [6, 6.07) is 5.33. The Morgan fingerprint density at radius 1 is 1.23 bits per heavy atom. The first-order chi connectivity index (χ1) is 10.5. The van der Waals surface area contributed by atoms with Crippen LogP contribution in [0.4, 0.5) is 16.0 Å². The van der Waals surface area contributed by atoms with Crippen LogP contribution in [0.1, 0.15) is 15.2 Å². The lowest BCUT2D eigenvalue weighted by Gasteiger charge is -2.01. The van der Waals surface area contributed by atoms with E-state index in [4.69, 9.17) is 11.5 Å². The van der Waals surface area contributed by atoms with Crippen molar-refractivity contribution in [3.05, 3.63) is 40.5 Å². The third-order valence-corrected chi connectivity index (χ3v) is 4.86. The minimum Gasteiger partial charge on any atom is -0.397 e. The van der Waals surface area contributed by atoms with E-state index in [-0.39, 0.29) is 11.7 Å². The van der Waals surface area contributed by atoms with Crippen LogP contribution in [0.25, 0.3) is 10.2 Å². The molecule has 0 aliphatic rings. The maximum atomic E-state index is 13.0. The lowest BCUT2D eigenvalue weighted by atomic mass is 10.1. The van der Waals surface area contributed by atoms with E-state index in [9.17, 15) is 9.18 Å². The van der Waals surface area contributed by atoms with Gasteiger partial charge in [0.25, 0.3) is 0 Å². The molecule has 0 fully saturated rings. The van der Waals surface area contributed by atoms with Crippen molar-refractivity contribution in [1.82, 2.24) is 9.97 Å². The number of nitrogens with zero attached hydrogens (tertiary/aromatic N) is 2. The SMILES string of the molecule is CSc1nc(N)nc2sc(C(=O)c3ccc(F)cc3)c(N)c12. The van der Waals surface area contributed by atoms with Crippen molar-refractivity contribution < 1.29 is 9.18 Å². The summed E-state index contributed by atoms with van der Waals surface area (Å²) in [5.41, 5.74) is 12.5. The van der Waals surface area contributed by atoms with Crippen LogP contribution in [-0.2, 0) is 0 Å². The monoisotopic (exact) mass is 334 g/mol. The molecule has 0 radical (unpaired) electrons. The number of thiophene rings is 1. The van der Waals surface area contributed by atoms with E-state index in [2.05, 4.69) is 9.97 Å². The zero-order chi connectivity index (χ0) is 15.9. The Balaban J connectivity index is 2.17. The number of carbonyl (C=O) groups excluding carboxylic acids is 1. The summed E-state index contributed by atoms with van der Waals surface area (Å²) in [5, 5.41) is 1.27. The van der Waals surface area contributed by atoms with Gasteiger partial charge in [-0.1, -0.05) is 0 Å². The molecule has 0 saturated heterocycles. The van der Waals surface area contributed by atoms with Gasteiger partial charge < -0.3 is 11.5 Å². The summed E-state index contributed by atoms with van der Waals surface area (Å²) in [6.07, 6.45) is 1.85. The van der Waals surface area contributed by atoms with E-state index >= 15 is 0 Å². The average molecular weight is 334 g/mol. The second-order valence-electron chi connectivity index (χ2n) is 4.45. The number of nitrogens with two attached hydrogens (primary N) is 2. The fraction of sp³-hybridized carbons (Fsp3) is 0.0714. The Morgan fingerprint density at radius 2 is 1.91 bits per heavy atom. The molecule has 0 amide bonds. The van der Waals surface area contributed by atoms with Crippen LogP contribution in [0.3, 0.4) is 0 Å². The number of anilines is 2. The molecular weight excluding hydrogens is 323 g/mol. The molecule has 0 atom stereocenters. The van der Waals surface area contributed by atoms with Crippen molar-refractivity contribution in [2.24, 2.45) is 0 Å². The summed E-state index contributed by atoms with van der Waals surface area (Å²) in [4.78, 5) is 21.8. The van der Waals surface area contributed by atoms with Gasteiger partial charge in [-0.25, -0.2) is 14.4 Å². The number of thioether (sulfide) groups is 1. The Morgan fingerprint density at radius 3 is 2.55 bits per heavy atom. The van der Waals surface area contributed by atoms with Crippen molar-refractivity contribution in [2.75, 3.05) is 17.7 Å². The van der Waals surface area contributed by atoms with Gasteiger partial charge in [-0.3, -0.25) is 4.79 Å². The lowest BCUT2D eigenvalue weighted by Crippen LogP contribution is -2.02. The number of rotatable bonds is 3. The molecule has 4 N–H and O–H groups in total. The normalized spacial score (nSPS) is 11.0. The van der Waals surface area contributed by atoms with Gasteiger partial charge in [0.05, 0.1) is 11.1 Å². The predicted molar refractivity (Wildman–Crippen MR) is 87.9 cm³/mol. The highest BCUT2D eigenvalue weighted by atomic mass is 32.2. The highest BCUT2D eigenvalue weighted by molar-refractivity contribution is 7.98. The standard InChI is InChI=1S/C14H11FN4OS2/c1-21-12-8-9(16)11(22-13(8)19-14(17)18-12)10(20)6-2-4-7(15)5-3-6/h2-5H,16H2,1H3,(H2,17,18,19). The summed E-state index contributed by atoms with van der Waals surface area (Å²) in [5.74, 6) is -0.533. The summed E-state index contributed by atoms with van der Waals surface area (Å²) >= 11 is 2.55. The first kappa shape index (κ1) is 14.7. The van der Waals surface area contributed by atoms with Crippen LogP contribution in [0.2, 0.25) is 0 Å². The van der Waals surface area contributed by atoms with E-state index in [0.29, 0.717) is 31.4 Å². The molecule has 0 aliphatic heterocycles. The highest BCUT2D eigenvalue weighted by Crippen LogP contribution is 2.38. The van der Waals surface area contributed by atoms with Crippen LogP contribution in [0.15, 0.2) is 29.3 Å². The molecule has 112 valence electrons. The fourth-order valence-electron chi connectivity index (χ4n) is 2.05. The largest absolute Gasteiger partial charge is 0.397 e. The molecule has 0 saturated carbocycles. The maximum absolute atomic E-state index is 13.0. The van der Waals surface area contributed by atoms with Gasteiger partial charge in [-0.2, -0.15) is 0 Å². The number of hydrogen-bond acceptors (Lipinski definition) is 7. The maximum Gasteiger partial charge on any atom is 0.222 e. The van der Waals surface area contributed by atoms with Crippen molar-refractivity contribution in [3.63, 3.8) is 0 Å². The molecule has 2 heterocycles. The average Bonchev–Trinajstić information content (AvgIpc) is 2.83. The van der Waals surface area contributed by atoms with E-state index in [1.54, 1.807) is 0 Å². The molecule has 22 heavy (non-hydrogen) atoms. The van der Waals surface area contributed by atoms with Gasteiger partial charge in [0, 0.05) is 5.56 Å². The molecular formula is C14H11FN4OS2. The minimum atomic E-state index is -0.399. The third-order valence-electron chi connectivity index (χ3n) is 3.08. The van der Waals surface area contributed by atoms with Gasteiger partial charge in [-0.05, 0) is 30.5 Å². The van der Waals surface area contributed by atoms with Crippen LogP contribution < -0.4 is 11.5 Å². The molecule has 0 bridgehead atoms. The second kappa shape index (κ2) is 5.54. The number of nitrogen functional groups attached to an aromatic ring is 2. The first-order valence-corrected chi connectivity index (χ1v) is 8.25. The minimum absolute atomic E-state index is 0.138. The second-order valence-corrected chi connectivity index (χ2v) is 6.25. The van der Waals surface area contributed by atoms with E-state index in [1.807, 2.05) is 6.26 Å². The Bertz CT molecular complexity index is 877. The summed E-state index contributed by atoms with van der Waals surface area (Å²) < 4.78 is 13.0. The first-order valence-electron chi connectivity index (χ1n) is 6.21. The highest BCUT2D eigenvalue weighted by Gasteiger charge is 2.21. The zero-order valence-corrected chi connectivity index (χ0v) is 13.1. The van der Waals surface area contributed by atoms with Gasteiger partial charge in [-0.15, -0.1) is 23.1 Å². The van der Waals surface area contributed by atoms with Gasteiger partial charge in [0.15, 0.2) is 0 Å². The van der Waals surface area contributed by atoms with Crippen molar-refractivity contribution in [2.45, 2.75) is 5.03 Å². The van der Waals surface area contributed by atoms with Crippen LogP contribution in [-0.4, -0.2) is 22.0 Å². The van der Waals surface area contributed by atoms with Crippen LogP contribution >= 0.6 is 23.1 Å². The van der Waals surface area contributed by atoms with Gasteiger partial charge >= 0.3 is 0 Å². The Labute approximate surface area is 133 Å². The molecule has 5 nitrogen and oxygen atoms in total. The van der Waals surface area contributed by atoms with Crippen LogP contribution in [0.5, 0.6) is 0 Å². The number of fused-ring (bicyclic) bond motifs is 1. The molecule has 2 aromatic heterocycles. The number of ketones is 1. The molecule has 0 aliphatic carbocycles. The molecule has 3 rings (SSSR count). The topological polar surface area (TPSA) is 94.9 Å². The Kier molecular flexibility index (Phi) is 3.71. The number of aromatic nitrogens is 2. The fourth-order valence-corrected chi connectivity index (χ4v) is 3.78. The summed E-state index contributed by atoms with van der Waals surface area (Å²) in [6.45, 7) is 0. The van der Waals surface area contributed by atoms with E-state index in [0.717, 1.165) is 11.3 Å². The number of hydrogen-bond donors (Lipinski definition) is 2. The quantitative estimate of drug-likeness (QED) is 0.434. The zero-order valence-electron chi connectivity index (χ0n) is 11.5. The van der Waals surface area contributed by atoms with Gasteiger partial charge in [0.1, 0.15) is 20.6 Å². The predicted octanol–water partition coefficient (Wildman–Crippen LogP) is 2.95. The van der Waals surface area contributed by atoms with Crippen molar-refractivity contribution in [1.29, 1.82) is 0 Å². The van der Waals surface area contributed by atoms with Gasteiger partial charge in [0.2, 0.25) is 11.7 Å². The van der Waals surface area contributed by atoms with Crippen LogP contribution in [0, 0.1) is 5.82 Å². The number of carbonyl (C=O) groups is 1. The van der Waals surface area contributed by atoms with E-state index in [1.165, 1.54) is 36.0 Å². The number of halogens is 1. The lowest BCUT2D eigenvalue weighted by molar-refractivity contribution is 0.104.